The molecule has 2 fully saturated rings. The molecule has 2 N–H and O–H groups in total. The molecule has 5 nitrogen and oxygen atoms in total. The van der Waals surface area contributed by atoms with Crippen molar-refractivity contribution in [1.82, 2.24) is 9.88 Å². The van der Waals surface area contributed by atoms with E-state index in [9.17, 15) is 4.79 Å². The molecule has 146 valence electrons. The molecule has 1 aliphatic carbocycles. The summed E-state index contributed by atoms with van der Waals surface area (Å²) >= 11 is 0. The van der Waals surface area contributed by atoms with E-state index >= 15 is 0 Å². The number of nitrogens with zero attached hydrogens (tertiary/aromatic N) is 2. The standard InChI is InChI=1S/C20H31N3O2.ClH/c1-4-6-14(2)23-12-16-7-5-8-17(13-23)20(16,25-3)15-9-10-22-18(11-15)19(21)24;/h9-11,14,16-17H,4-8,12-13H2,1-3H3,(H2,21,24);1H/t14-,16-,17+,20?;/m0./s1. The Morgan fingerprint density at radius 1 is 1.42 bits per heavy atom. The molecule has 2 bridgehead atoms. The van der Waals surface area contributed by atoms with Gasteiger partial charge in [0.1, 0.15) is 11.3 Å². The molecular formula is C20H32ClN3O2. The average molecular weight is 382 g/mol. The summed E-state index contributed by atoms with van der Waals surface area (Å²) in [6.45, 7) is 6.71. The number of carbonyl (C=O) groups is 1. The number of hydrogen-bond acceptors (Lipinski definition) is 4. The molecule has 2 heterocycles. The van der Waals surface area contributed by atoms with Gasteiger partial charge in [-0.25, -0.2) is 0 Å². The lowest BCUT2D eigenvalue weighted by Crippen LogP contribution is -2.60. The summed E-state index contributed by atoms with van der Waals surface area (Å²) < 4.78 is 6.25. The average Bonchev–Trinajstić information content (AvgIpc) is 2.60. The van der Waals surface area contributed by atoms with Crippen molar-refractivity contribution in [1.29, 1.82) is 0 Å². The molecule has 2 aliphatic rings. The Balaban J connectivity index is 0.00000243. The van der Waals surface area contributed by atoms with Crippen molar-refractivity contribution in [3.63, 3.8) is 0 Å². The van der Waals surface area contributed by atoms with E-state index < -0.39 is 5.91 Å². The first-order valence-electron chi connectivity index (χ1n) is 9.58. The van der Waals surface area contributed by atoms with Crippen LogP contribution < -0.4 is 5.73 Å². The second-order valence-corrected chi connectivity index (χ2v) is 7.71. The zero-order chi connectivity index (χ0) is 18.0. The number of piperidine rings is 1. The molecule has 0 aromatic carbocycles. The number of fused-ring (bicyclic) bond motifs is 2. The van der Waals surface area contributed by atoms with Gasteiger partial charge < -0.3 is 10.5 Å². The van der Waals surface area contributed by atoms with Crippen molar-refractivity contribution in [3.05, 3.63) is 29.6 Å². The van der Waals surface area contributed by atoms with Crippen LogP contribution in [0.5, 0.6) is 0 Å². The van der Waals surface area contributed by atoms with Gasteiger partial charge in [0.25, 0.3) is 5.91 Å². The van der Waals surface area contributed by atoms with Crippen molar-refractivity contribution >= 4 is 18.3 Å². The van der Waals surface area contributed by atoms with Gasteiger partial charge in [0.2, 0.25) is 0 Å². The number of ether oxygens (including phenoxy) is 1. The van der Waals surface area contributed by atoms with Gasteiger partial charge in [-0.3, -0.25) is 14.7 Å². The van der Waals surface area contributed by atoms with Gasteiger partial charge in [-0.15, -0.1) is 12.4 Å². The molecule has 1 saturated carbocycles. The smallest absolute Gasteiger partial charge is 0.267 e. The summed E-state index contributed by atoms with van der Waals surface area (Å²) in [5, 5.41) is 0. The van der Waals surface area contributed by atoms with Gasteiger partial charge in [0.15, 0.2) is 0 Å². The monoisotopic (exact) mass is 381 g/mol. The first-order chi connectivity index (χ1) is 12.0. The number of pyridine rings is 1. The Morgan fingerprint density at radius 3 is 2.62 bits per heavy atom. The maximum atomic E-state index is 11.6. The molecule has 1 aromatic heterocycles. The summed E-state index contributed by atoms with van der Waals surface area (Å²) in [4.78, 5) is 18.4. The van der Waals surface area contributed by atoms with E-state index in [1.54, 1.807) is 6.20 Å². The highest BCUT2D eigenvalue weighted by Gasteiger charge is 2.53. The van der Waals surface area contributed by atoms with Crippen LogP contribution in [0.1, 0.15) is 62.0 Å². The van der Waals surface area contributed by atoms with Gasteiger partial charge in [0, 0.05) is 44.3 Å². The first-order valence-corrected chi connectivity index (χ1v) is 9.58. The van der Waals surface area contributed by atoms with Gasteiger partial charge >= 0.3 is 0 Å². The largest absolute Gasteiger partial charge is 0.373 e. The van der Waals surface area contributed by atoms with Crippen molar-refractivity contribution in [2.45, 2.75) is 57.6 Å². The fourth-order valence-corrected chi connectivity index (χ4v) is 5.16. The lowest BCUT2D eigenvalue weighted by atomic mass is 9.62. The van der Waals surface area contributed by atoms with Crippen molar-refractivity contribution < 1.29 is 9.53 Å². The van der Waals surface area contributed by atoms with Crippen molar-refractivity contribution in [2.75, 3.05) is 20.2 Å². The number of rotatable bonds is 6. The number of methoxy groups -OCH3 is 1. The van der Waals surface area contributed by atoms with Crippen molar-refractivity contribution in [2.24, 2.45) is 17.6 Å². The Labute approximate surface area is 163 Å². The number of carbonyl (C=O) groups excluding carboxylic acids is 1. The molecule has 6 heteroatoms. The van der Waals surface area contributed by atoms with E-state index in [0.717, 1.165) is 31.5 Å². The molecule has 4 atom stereocenters. The van der Waals surface area contributed by atoms with Gasteiger partial charge in [-0.1, -0.05) is 19.8 Å². The summed E-state index contributed by atoms with van der Waals surface area (Å²) in [6.07, 6.45) is 7.72. The zero-order valence-corrected chi connectivity index (χ0v) is 16.9. The first kappa shape index (κ1) is 21.1. The molecule has 0 radical (unpaired) electrons. The van der Waals surface area contributed by atoms with Gasteiger partial charge in [0.05, 0.1) is 0 Å². The lowest BCUT2D eigenvalue weighted by molar-refractivity contribution is -0.173. The quantitative estimate of drug-likeness (QED) is 0.820. The molecule has 1 saturated heterocycles. The number of likely N-dealkylation sites (tertiary alicyclic amines) is 1. The van der Waals surface area contributed by atoms with E-state index in [1.807, 2.05) is 19.2 Å². The third kappa shape index (κ3) is 3.62. The fourth-order valence-electron chi connectivity index (χ4n) is 5.16. The van der Waals surface area contributed by atoms with E-state index in [-0.39, 0.29) is 18.0 Å². The third-order valence-electron chi connectivity index (χ3n) is 6.36. The summed E-state index contributed by atoms with van der Waals surface area (Å²) in [6, 6.07) is 4.47. The molecule has 1 aromatic rings. The SMILES string of the molecule is CCC[C@H](C)N1C[C@H]2CCC[C@@H](C1)C2(OC)c1ccnc(C(N)=O)c1.Cl. The maximum Gasteiger partial charge on any atom is 0.267 e. The molecule has 0 spiro atoms. The van der Waals surface area contributed by atoms with Crippen LogP contribution >= 0.6 is 12.4 Å². The van der Waals surface area contributed by atoms with Crippen LogP contribution in [0.3, 0.4) is 0 Å². The third-order valence-corrected chi connectivity index (χ3v) is 6.36. The van der Waals surface area contributed by atoms with Crippen LogP contribution in [0.4, 0.5) is 0 Å². The lowest BCUT2D eigenvalue weighted by Gasteiger charge is -2.56. The Hall–Kier alpha value is -1.17. The highest BCUT2D eigenvalue weighted by molar-refractivity contribution is 5.90. The number of hydrogen-bond donors (Lipinski definition) is 1. The second-order valence-electron chi connectivity index (χ2n) is 7.71. The van der Waals surface area contributed by atoms with Crippen LogP contribution in [0.15, 0.2) is 18.3 Å². The normalized spacial score (nSPS) is 29.7. The van der Waals surface area contributed by atoms with Gasteiger partial charge in [-0.2, -0.15) is 0 Å². The minimum Gasteiger partial charge on any atom is -0.373 e. The highest BCUT2D eigenvalue weighted by Crippen LogP contribution is 2.51. The van der Waals surface area contributed by atoms with Crippen LogP contribution in [0, 0.1) is 11.8 Å². The van der Waals surface area contributed by atoms with Gasteiger partial charge in [-0.05, 0) is 43.9 Å². The number of aromatic nitrogens is 1. The number of amides is 1. The van der Waals surface area contributed by atoms with E-state index in [4.69, 9.17) is 10.5 Å². The van der Waals surface area contributed by atoms with Crippen LogP contribution in [-0.4, -0.2) is 42.0 Å². The van der Waals surface area contributed by atoms with E-state index in [2.05, 4.69) is 23.7 Å². The Morgan fingerprint density at radius 2 is 2.08 bits per heavy atom. The Kier molecular flexibility index (Phi) is 7.05. The number of halogens is 1. The number of nitrogens with two attached hydrogens (primary N) is 1. The molecule has 1 amide bonds. The molecule has 3 rings (SSSR count). The van der Waals surface area contributed by atoms with Crippen LogP contribution in [-0.2, 0) is 10.3 Å². The van der Waals surface area contributed by atoms with E-state index in [1.165, 1.54) is 19.3 Å². The van der Waals surface area contributed by atoms with Crippen molar-refractivity contribution in [3.8, 4) is 0 Å². The van der Waals surface area contributed by atoms with E-state index in [0.29, 0.717) is 23.6 Å². The predicted octanol–water partition coefficient (Wildman–Crippen LogP) is 3.36. The van der Waals surface area contributed by atoms with Crippen LogP contribution in [0.25, 0.3) is 0 Å². The topological polar surface area (TPSA) is 68.4 Å². The minimum absolute atomic E-state index is 0. The minimum atomic E-state index is -0.479. The summed E-state index contributed by atoms with van der Waals surface area (Å²) in [5.41, 5.74) is 6.53. The zero-order valence-electron chi connectivity index (χ0n) is 16.1. The molecule has 1 aliphatic heterocycles. The molecular weight excluding hydrogens is 350 g/mol. The summed E-state index contributed by atoms with van der Waals surface area (Å²) in [7, 11) is 1.82. The highest BCUT2D eigenvalue weighted by atomic mass is 35.5. The number of primary amides is 1. The fraction of sp³-hybridized carbons (Fsp3) is 0.700. The second kappa shape index (κ2) is 8.68. The molecule has 26 heavy (non-hydrogen) atoms. The molecule has 1 unspecified atom stereocenters. The van der Waals surface area contributed by atoms with Crippen LogP contribution in [0.2, 0.25) is 0 Å². The summed E-state index contributed by atoms with van der Waals surface area (Å²) in [5.74, 6) is 0.395. The maximum absolute atomic E-state index is 11.6. The predicted molar refractivity (Wildman–Crippen MR) is 105 cm³/mol. The Bertz CT molecular complexity index is 611.